The van der Waals surface area contributed by atoms with Crippen molar-refractivity contribution in [3.8, 4) is 11.3 Å². The summed E-state index contributed by atoms with van der Waals surface area (Å²) in [6.07, 6.45) is -0.412. The van der Waals surface area contributed by atoms with E-state index in [0.717, 1.165) is 23.4 Å². The number of rotatable bonds is 7. The van der Waals surface area contributed by atoms with Gasteiger partial charge in [0, 0.05) is 87.0 Å². The molecule has 1 atom stereocenters. The van der Waals surface area contributed by atoms with Crippen LogP contribution in [0.5, 0.6) is 0 Å². The number of hydrogen-bond acceptors (Lipinski definition) is 7. The van der Waals surface area contributed by atoms with Gasteiger partial charge in [-0.25, -0.2) is 4.98 Å². The number of nitrogens with one attached hydrogen (secondary N) is 2. The number of hydrogen-bond donors (Lipinski definition) is 2. The molecule has 3 aliphatic rings. The molecule has 50 heavy (non-hydrogen) atoms. The highest BCUT2D eigenvalue weighted by Gasteiger charge is 2.39. The van der Waals surface area contributed by atoms with Crippen LogP contribution in [0, 0.1) is 0 Å². The zero-order valence-corrected chi connectivity index (χ0v) is 27.2. The molecule has 3 aromatic carbocycles. The lowest BCUT2D eigenvalue weighted by Gasteiger charge is -2.36. The number of nitrogens with zero attached hydrogens (tertiary/aromatic N) is 5. The van der Waals surface area contributed by atoms with Crippen LogP contribution in [-0.4, -0.2) is 75.2 Å². The fraction of sp³-hybridized carbons (Fsp3) is 0.306. The van der Waals surface area contributed by atoms with E-state index in [9.17, 15) is 32.3 Å². The second-order valence-corrected chi connectivity index (χ2v) is 12.8. The molecule has 0 saturated carbocycles. The summed E-state index contributed by atoms with van der Waals surface area (Å²) in [6, 6.07) is 15.3. The molecule has 4 aromatic rings. The number of imidazole rings is 1. The van der Waals surface area contributed by atoms with Crippen LogP contribution >= 0.6 is 0 Å². The first-order valence-electron chi connectivity index (χ1n) is 16.3. The minimum atomic E-state index is -4.40. The Hall–Kier alpha value is -5.66. The molecule has 11 nitrogen and oxygen atoms in total. The van der Waals surface area contributed by atoms with Crippen molar-refractivity contribution in [1.82, 2.24) is 24.7 Å². The average molecular weight is 686 g/mol. The van der Waals surface area contributed by atoms with Gasteiger partial charge in [-0.1, -0.05) is 12.1 Å². The maximum Gasteiger partial charge on any atom is 0.416 e. The number of anilines is 2. The molecule has 7 rings (SSSR count). The van der Waals surface area contributed by atoms with Gasteiger partial charge in [0.2, 0.25) is 11.8 Å². The number of imide groups is 1. The van der Waals surface area contributed by atoms with Crippen LogP contribution in [0.3, 0.4) is 0 Å². The number of carbonyl (C=O) groups is 4. The standard InChI is InChI=1S/C36H34F3N7O4/c1-43-20-30(41-21-43)28-17-23(4-9-29(28)40-18-22-2-5-25(6-3-22)36(37,38)39)34(49)45-14-12-44(13-15-45)26-7-8-27-24(16-26)19-46(35(27)50)31-10-11-32(47)42-33(31)48/h2-9,16-17,20-21,31,40H,10-15,18-19H2,1H3,(H,42,47,48)/t31-/m0/s1. The number of alkyl halides is 3. The van der Waals surface area contributed by atoms with Gasteiger partial charge in [0.1, 0.15) is 6.04 Å². The first-order chi connectivity index (χ1) is 23.9. The summed E-state index contributed by atoms with van der Waals surface area (Å²) in [6.45, 7) is 2.68. The molecule has 0 unspecified atom stereocenters. The van der Waals surface area contributed by atoms with E-state index in [0.29, 0.717) is 72.8 Å². The number of carbonyl (C=O) groups excluding carboxylic acids is 4. The summed E-state index contributed by atoms with van der Waals surface area (Å²) >= 11 is 0. The fourth-order valence-corrected chi connectivity index (χ4v) is 6.71. The number of piperazine rings is 1. The van der Waals surface area contributed by atoms with Crippen LogP contribution in [0.25, 0.3) is 11.3 Å². The van der Waals surface area contributed by atoms with Crippen molar-refractivity contribution in [2.24, 2.45) is 7.05 Å². The second-order valence-electron chi connectivity index (χ2n) is 12.8. The summed E-state index contributed by atoms with van der Waals surface area (Å²) in [5.74, 6) is -1.12. The quantitative estimate of drug-likeness (QED) is 0.276. The molecule has 0 spiro atoms. The minimum Gasteiger partial charge on any atom is -0.380 e. The van der Waals surface area contributed by atoms with Gasteiger partial charge in [0.15, 0.2) is 0 Å². The number of halogens is 3. The van der Waals surface area contributed by atoms with E-state index in [2.05, 4.69) is 20.5 Å². The maximum atomic E-state index is 13.7. The van der Waals surface area contributed by atoms with Gasteiger partial charge in [0.25, 0.3) is 11.8 Å². The molecule has 0 aliphatic carbocycles. The van der Waals surface area contributed by atoms with Crippen molar-refractivity contribution < 1.29 is 32.3 Å². The average Bonchev–Trinajstić information content (AvgIpc) is 3.69. The third kappa shape index (κ3) is 6.52. The van der Waals surface area contributed by atoms with E-state index in [1.807, 2.05) is 25.4 Å². The number of aryl methyl sites for hydroxylation is 1. The van der Waals surface area contributed by atoms with E-state index in [1.165, 1.54) is 17.0 Å². The van der Waals surface area contributed by atoms with Crippen LogP contribution in [0.2, 0.25) is 0 Å². The SMILES string of the molecule is Cn1cnc(-c2cc(C(=O)N3CCN(c4ccc5c(c4)CN([C@H]4CCC(=O)NC4=O)C5=O)CC3)ccc2NCc2ccc(C(F)(F)F)cc2)c1. The molecule has 0 bridgehead atoms. The summed E-state index contributed by atoms with van der Waals surface area (Å²) in [4.78, 5) is 60.8. The third-order valence-corrected chi connectivity index (χ3v) is 9.45. The lowest BCUT2D eigenvalue weighted by Crippen LogP contribution is -2.52. The molecule has 2 N–H and O–H groups in total. The number of aromatic nitrogens is 2. The highest BCUT2D eigenvalue weighted by atomic mass is 19.4. The monoisotopic (exact) mass is 685 g/mol. The topological polar surface area (TPSA) is 120 Å². The Labute approximate surface area is 285 Å². The Kier molecular flexibility index (Phi) is 8.54. The molecular weight excluding hydrogens is 651 g/mol. The van der Waals surface area contributed by atoms with Crippen LogP contribution in [0.15, 0.2) is 73.2 Å². The van der Waals surface area contributed by atoms with Crippen LogP contribution in [0.4, 0.5) is 24.5 Å². The van der Waals surface area contributed by atoms with Gasteiger partial charge >= 0.3 is 6.18 Å². The molecule has 14 heteroatoms. The lowest BCUT2D eigenvalue weighted by atomic mass is 10.0. The van der Waals surface area contributed by atoms with Crippen LogP contribution in [0.1, 0.15) is 50.2 Å². The first kappa shape index (κ1) is 32.9. The molecule has 258 valence electrons. The second kappa shape index (κ2) is 13.0. The van der Waals surface area contributed by atoms with E-state index < -0.39 is 23.7 Å². The van der Waals surface area contributed by atoms with E-state index >= 15 is 0 Å². The molecule has 1 aromatic heterocycles. The zero-order valence-electron chi connectivity index (χ0n) is 27.2. The summed E-state index contributed by atoms with van der Waals surface area (Å²) in [7, 11) is 1.84. The van der Waals surface area contributed by atoms with Crippen molar-refractivity contribution in [1.29, 1.82) is 0 Å². The number of benzene rings is 3. The largest absolute Gasteiger partial charge is 0.416 e. The van der Waals surface area contributed by atoms with Gasteiger partial charge in [0.05, 0.1) is 17.6 Å². The Morgan fingerprint density at radius 1 is 0.960 bits per heavy atom. The molecule has 0 radical (unpaired) electrons. The first-order valence-corrected chi connectivity index (χ1v) is 16.3. The molecular formula is C36H34F3N7O4. The Bertz CT molecular complexity index is 1980. The minimum absolute atomic E-state index is 0.129. The van der Waals surface area contributed by atoms with Crippen molar-refractivity contribution >= 4 is 35.0 Å². The summed E-state index contributed by atoms with van der Waals surface area (Å²) in [5, 5.41) is 5.62. The fourth-order valence-electron chi connectivity index (χ4n) is 6.71. The van der Waals surface area contributed by atoms with Crippen molar-refractivity contribution in [3.63, 3.8) is 0 Å². The molecule has 4 heterocycles. The van der Waals surface area contributed by atoms with Gasteiger partial charge < -0.3 is 24.6 Å². The van der Waals surface area contributed by atoms with Gasteiger partial charge in [-0.05, 0) is 66.1 Å². The van der Waals surface area contributed by atoms with Crippen LogP contribution < -0.4 is 15.5 Å². The van der Waals surface area contributed by atoms with E-state index in [1.54, 1.807) is 40.1 Å². The van der Waals surface area contributed by atoms with Crippen molar-refractivity contribution in [2.45, 2.75) is 38.1 Å². The lowest BCUT2D eigenvalue weighted by molar-refractivity contribution is -0.138. The predicted molar refractivity (Wildman–Crippen MR) is 178 cm³/mol. The smallest absolute Gasteiger partial charge is 0.380 e. The molecule has 2 saturated heterocycles. The Balaban J connectivity index is 1.01. The van der Waals surface area contributed by atoms with E-state index in [4.69, 9.17) is 0 Å². The summed E-state index contributed by atoms with van der Waals surface area (Å²) in [5.41, 5.74) is 4.78. The molecule has 4 amide bonds. The Morgan fingerprint density at radius 2 is 1.72 bits per heavy atom. The van der Waals surface area contributed by atoms with Crippen molar-refractivity contribution in [3.05, 3.63) is 101 Å². The maximum absolute atomic E-state index is 13.7. The number of fused-ring (bicyclic) bond motifs is 1. The molecule has 3 aliphatic heterocycles. The van der Waals surface area contributed by atoms with Crippen LogP contribution in [-0.2, 0) is 35.9 Å². The summed E-state index contributed by atoms with van der Waals surface area (Å²) < 4.78 is 40.8. The number of piperidine rings is 1. The van der Waals surface area contributed by atoms with Crippen molar-refractivity contribution in [2.75, 3.05) is 36.4 Å². The number of amides is 4. The van der Waals surface area contributed by atoms with E-state index in [-0.39, 0.29) is 30.7 Å². The third-order valence-electron chi connectivity index (χ3n) is 9.45. The highest BCUT2D eigenvalue weighted by molar-refractivity contribution is 6.05. The van der Waals surface area contributed by atoms with Gasteiger partial charge in [-0.2, -0.15) is 13.2 Å². The zero-order chi connectivity index (χ0) is 35.2. The normalized spacial score (nSPS) is 18.0. The Morgan fingerprint density at radius 3 is 2.40 bits per heavy atom. The molecule has 2 fully saturated rings. The predicted octanol–water partition coefficient (Wildman–Crippen LogP) is 4.44. The van der Waals surface area contributed by atoms with Gasteiger partial charge in [-0.15, -0.1) is 0 Å². The highest BCUT2D eigenvalue weighted by Crippen LogP contribution is 2.33. The van der Waals surface area contributed by atoms with Gasteiger partial charge in [-0.3, -0.25) is 24.5 Å².